The van der Waals surface area contributed by atoms with Crippen molar-refractivity contribution in [3.63, 3.8) is 0 Å². The molecule has 2 aliphatic rings. The molecule has 0 saturated carbocycles. The van der Waals surface area contributed by atoms with Crippen molar-refractivity contribution in [2.75, 3.05) is 5.75 Å². The van der Waals surface area contributed by atoms with Crippen LogP contribution in [0.4, 0.5) is 0 Å². The summed E-state index contributed by atoms with van der Waals surface area (Å²) in [5.41, 5.74) is 0. The molecule has 3 nitrogen and oxygen atoms in total. The summed E-state index contributed by atoms with van der Waals surface area (Å²) in [5, 5.41) is 0. The fourth-order valence-electron chi connectivity index (χ4n) is 3.03. The molecular weight excluding hydrogens is 290 g/mol. The third-order valence-corrected chi connectivity index (χ3v) is 6.55. The summed E-state index contributed by atoms with van der Waals surface area (Å²) < 4.78 is 26.4. The summed E-state index contributed by atoms with van der Waals surface area (Å²) in [6.45, 7) is 3.94. The molecule has 0 amide bonds. The molecule has 2 atom stereocenters. The molecule has 2 saturated heterocycles. The molecule has 2 aliphatic heterocycles. The lowest BCUT2D eigenvalue weighted by Crippen LogP contribution is -2.48. The van der Waals surface area contributed by atoms with Crippen molar-refractivity contribution in [2.24, 2.45) is 5.92 Å². The maximum atomic E-state index is 12.3. The van der Waals surface area contributed by atoms with Crippen LogP contribution < -0.4 is 0 Å². The van der Waals surface area contributed by atoms with Gasteiger partial charge in [-0.15, -0.1) is 0 Å². The second-order valence-corrected chi connectivity index (χ2v) is 8.67. The number of hydrogen-bond donors (Lipinski definition) is 0. The van der Waals surface area contributed by atoms with E-state index in [2.05, 4.69) is 15.9 Å². The van der Waals surface area contributed by atoms with Crippen molar-refractivity contribution in [1.82, 2.24) is 4.31 Å². The zero-order chi connectivity index (χ0) is 11.9. The Labute approximate surface area is 107 Å². The average Bonchev–Trinajstić information content (AvgIpc) is 2.38. The van der Waals surface area contributed by atoms with E-state index >= 15 is 0 Å². The van der Waals surface area contributed by atoms with Gasteiger partial charge in [-0.2, -0.15) is 4.31 Å². The summed E-state index contributed by atoms with van der Waals surface area (Å²) in [7, 11) is -3.03. The number of hydrogen-bond acceptors (Lipinski definition) is 2. The standard InChI is InChI=1S/C11H20BrNO2S/c1-8(2)7-16(14,15)13-10-3-4-11(13)6-9(12)5-10/h8-11H,3-7H2,1-2H3. The molecule has 2 rings (SSSR count). The molecule has 2 fully saturated rings. The van der Waals surface area contributed by atoms with Crippen molar-refractivity contribution in [1.29, 1.82) is 0 Å². The lowest BCUT2D eigenvalue weighted by atomic mass is 10.1. The average molecular weight is 310 g/mol. The Morgan fingerprint density at radius 1 is 1.25 bits per heavy atom. The minimum Gasteiger partial charge on any atom is -0.212 e. The highest BCUT2D eigenvalue weighted by atomic mass is 79.9. The van der Waals surface area contributed by atoms with Gasteiger partial charge in [-0.25, -0.2) is 8.42 Å². The van der Waals surface area contributed by atoms with Crippen LogP contribution in [0.2, 0.25) is 0 Å². The van der Waals surface area contributed by atoms with Gasteiger partial charge in [0.05, 0.1) is 5.75 Å². The fraction of sp³-hybridized carbons (Fsp3) is 1.00. The van der Waals surface area contributed by atoms with Gasteiger partial charge in [0.2, 0.25) is 10.0 Å². The van der Waals surface area contributed by atoms with Gasteiger partial charge in [0.25, 0.3) is 0 Å². The normalized spacial score (nSPS) is 35.9. The molecule has 0 radical (unpaired) electrons. The highest BCUT2D eigenvalue weighted by Gasteiger charge is 2.45. The van der Waals surface area contributed by atoms with E-state index in [-0.39, 0.29) is 18.0 Å². The van der Waals surface area contributed by atoms with Crippen molar-refractivity contribution in [3.8, 4) is 0 Å². The minimum atomic E-state index is -3.03. The molecule has 16 heavy (non-hydrogen) atoms. The van der Waals surface area contributed by atoms with Crippen molar-refractivity contribution in [2.45, 2.75) is 56.4 Å². The molecule has 0 N–H and O–H groups in total. The van der Waals surface area contributed by atoms with Crippen LogP contribution in [0.15, 0.2) is 0 Å². The maximum absolute atomic E-state index is 12.3. The number of rotatable bonds is 3. The number of nitrogens with zero attached hydrogens (tertiary/aromatic N) is 1. The first-order valence-corrected chi connectivity index (χ1v) is 8.58. The highest BCUT2D eigenvalue weighted by Crippen LogP contribution is 2.40. The predicted molar refractivity (Wildman–Crippen MR) is 69.2 cm³/mol. The molecule has 5 heteroatoms. The number of alkyl halides is 1. The van der Waals surface area contributed by atoms with Crippen LogP contribution in [0.1, 0.15) is 39.5 Å². The predicted octanol–water partition coefficient (Wildman–Crippen LogP) is 2.36. The quantitative estimate of drug-likeness (QED) is 0.751. The monoisotopic (exact) mass is 309 g/mol. The van der Waals surface area contributed by atoms with Gasteiger partial charge in [0, 0.05) is 16.9 Å². The largest absolute Gasteiger partial charge is 0.214 e. The molecular formula is C11H20BrNO2S. The van der Waals surface area contributed by atoms with Crippen LogP contribution in [0.3, 0.4) is 0 Å². The van der Waals surface area contributed by atoms with E-state index in [1.165, 1.54) is 0 Å². The van der Waals surface area contributed by atoms with E-state index < -0.39 is 10.0 Å². The van der Waals surface area contributed by atoms with Crippen LogP contribution in [0.5, 0.6) is 0 Å². The molecule has 2 bridgehead atoms. The van der Waals surface area contributed by atoms with E-state index in [9.17, 15) is 8.42 Å². The van der Waals surface area contributed by atoms with Gasteiger partial charge in [0.1, 0.15) is 0 Å². The minimum absolute atomic E-state index is 0.214. The van der Waals surface area contributed by atoms with Crippen LogP contribution in [0, 0.1) is 5.92 Å². The van der Waals surface area contributed by atoms with Gasteiger partial charge in [0.15, 0.2) is 0 Å². The Bertz CT molecular complexity index is 341. The van der Waals surface area contributed by atoms with Gasteiger partial charge in [-0.05, 0) is 31.6 Å². The molecule has 0 spiro atoms. The van der Waals surface area contributed by atoms with Gasteiger partial charge < -0.3 is 0 Å². The number of piperidine rings is 1. The summed E-state index contributed by atoms with van der Waals surface area (Å²) in [5.74, 6) is 0.513. The first-order valence-electron chi connectivity index (χ1n) is 6.05. The summed E-state index contributed by atoms with van der Waals surface area (Å²) >= 11 is 3.63. The molecule has 2 heterocycles. The maximum Gasteiger partial charge on any atom is 0.214 e. The lowest BCUT2D eigenvalue weighted by molar-refractivity contribution is 0.254. The van der Waals surface area contributed by atoms with Gasteiger partial charge >= 0.3 is 0 Å². The Balaban J connectivity index is 2.17. The Hall–Kier alpha value is 0.390. The van der Waals surface area contributed by atoms with Crippen LogP contribution in [0.25, 0.3) is 0 Å². The third-order valence-electron chi connectivity index (χ3n) is 3.47. The van der Waals surface area contributed by atoms with E-state index in [0.29, 0.717) is 10.6 Å². The van der Waals surface area contributed by atoms with Gasteiger partial charge in [-0.3, -0.25) is 0 Å². The zero-order valence-electron chi connectivity index (χ0n) is 9.89. The van der Waals surface area contributed by atoms with Gasteiger partial charge in [-0.1, -0.05) is 29.8 Å². The number of halogens is 1. The molecule has 0 aromatic carbocycles. The topological polar surface area (TPSA) is 37.4 Å². The first kappa shape index (κ1) is 12.8. The molecule has 0 aromatic rings. The van der Waals surface area contributed by atoms with E-state index in [1.54, 1.807) is 0 Å². The molecule has 2 unspecified atom stereocenters. The van der Waals surface area contributed by atoms with Crippen molar-refractivity contribution < 1.29 is 8.42 Å². The molecule has 0 aliphatic carbocycles. The Morgan fingerprint density at radius 2 is 1.75 bits per heavy atom. The van der Waals surface area contributed by atoms with E-state index in [4.69, 9.17) is 0 Å². The zero-order valence-corrected chi connectivity index (χ0v) is 12.3. The summed E-state index contributed by atoms with van der Waals surface area (Å²) in [6, 6.07) is 0.513. The Morgan fingerprint density at radius 3 is 2.19 bits per heavy atom. The first-order chi connectivity index (χ1) is 7.40. The molecule has 0 aromatic heterocycles. The lowest BCUT2D eigenvalue weighted by Gasteiger charge is -2.36. The van der Waals surface area contributed by atoms with Crippen molar-refractivity contribution in [3.05, 3.63) is 0 Å². The number of sulfonamides is 1. The SMILES string of the molecule is CC(C)CS(=O)(=O)N1C2CCC1CC(Br)C2. The van der Waals surface area contributed by atoms with E-state index in [0.717, 1.165) is 25.7 Å². The smallest absolute Gasteiger partial charge is 0.212 e. The third kappa shape index (κ3) is 2.46. The van der Waals surface area contributed by atoms with E-state index in [1.807, 2.05) is 18.2 Å². The van der Waals surface area contributed by atoms with Crippen LogP contribution in [-0.2, 0) is 10.0 Å². The summed E-state index contributed by atoms with van der Waals surface area (Å²) in [4.78, 5) is 0.510. The fourth-order valence-corrected chi connectivity index (χ4v) is 6.20. The van der Waals surface area contributed by atoms with Crippen LogP contribution >= 0.6 is 15.9 Å². The van der Waals surface area contributed by atoms with Crippen molar-refractivity contribution >= 4 is 26.0 Å². The Kier molecular flexibility index (Phi) is 3.67. The second-order valence-electron chi connectivity index (χ2n) is 5.46. The number of fused-ring (bicyclic) bond motifs is 2. The molecule has 94 valence electrons. The summed E-state index contributed by atoms with van der Waals surface area (Å²) in [6.07, 6.45) is 4.05. The highest BCUT2D eigenvalue weighted by molar-refractivity contribution is 9.09. The second kappa shape index (κ2) is 4.58. The van der Waals surface area contributed by atoms with Crippen LogP contribution in [-0.4, -0.2) is 35.4 Å².